The fourth-order valence-electron chi connectivity index (χ4n) is 4.35. The van der Waals surface area contributed by atoms with E-state index in [1.165, 1.54) is 24.8 Å². The molecule has 1 aliphatic rings. The molecule has 4 aromatic rings. The molecule has 1 unspecified atom stereocenters. The number of likely N-dealkylation sites (tertiary alicyclic amines) is 1. The summed E-state index contributed by atoms with van der Waals surface area (Å²) in [5, 5.41) is 4.65. The lowest BCUT2D eigenvalue weighted by molar-refractivity contribution is 0.170. The molecule has 3 N–H and O–H groups in total. The van der Waals surface area contributed by atoms with Gasteiger partial charge in [0.25, 0.3) is 0 Å². The second-order valence-electron chi connectivity index (χ2n) is 8.15. The van der Waals surface area contributed by atoms with Crippen LogP contribution in [0.3, 0.4) is 0 Å². The summed E-state index contributed by atoms with van der Waals surface area (Å²) in [6.07, 6.45) is 7.14. The molecule has 0 bridgehead atoms. The van der Waals surface area contributed by atoms with E-state index in [9.17, 15) is 0 Å². The molecule has 2 aromatic heterocycles. The molecule has 162 valence electrons. The van der Waals surface area contributed by atoms with Crippen molar-refractivity contribution in [2.24, 2.45) is 0 Å². The van der Waals surface area contributed by atoms with Crippen LogP contribution in [0, 0.1) is 0 Å². The summed E-state index contributed by atoms with van der Waals surface area (Å²) in [5.74, 6) is 1.64. The van der Waals surface area contributed by atoms with Crippen LogP contribution < -0.4 is 11.1 Å². The minimum absolute atomic E-state index is 0.236. The van der Waals surface area contributed by atoms with Crippen molar-refractivity contribution >= 4 is 22.7 Å². The van der Waals surface area contributed by atoms with Gasteiger partial charge in [-0.05, 0) is 43.6 Å². The number of aromatic nitrogens is 4. The second-order valence-corrected chi connectivity index (χ2v) is 8.15. The van der Waals surface area contributed by atoms with E-state index >= 15 is 0 Å². The van der Waals surface area contributed by atoms with E-state index in [0.717, 1.165) is 41.9 Å². The number of hydrogen-bond acceptors (Lipinski definition) is 7. The topological polar surface area (TPSA) is 92.8 Å². The highest BCUT2D eigenvalue weighted by molar-refractivity contribution is 5.90. The Morgan fingerprint density at radius 1 is 0.875 bits per heavy atom. The molecule has 1 fully saturated rings. The fraction of sp³-hybridized carbons (Fsp3) is 0.280. The summed E-state index contributed by atoms with van der Waals surface area (Å²) in [6.45, 7) is 3.02. The Bertz CT molecular complexity index is 1170. The van der Waals surface area contributed by atoms with Crippen LogP contribution in [0.2, 0.25) is 0 Å². The molecular weight excluding hydrogens is 398 g/mol. The van der Waals surface area contributed by atoms with Crippen LogP contribution in [0.1, 0.15) is 30.9 Å². The van der Waals surface area contributed by atoms with Crippen LogP contribution in [0.25, 0.3) is 22.3 Å². The van der Waals surface area contributed by atoms with Gasteiger partial charge in [0.05, 0.1) is 17.1 Å². The van der Waals surface area contributed by atoms with Crippen LogP contribution in [0.4, 0.5) is 11.8 Å². The molecule has 7 heteroatoms. The van der Waals surface area contributed by atoms with E-state index in [0.29, 0.717) is 5.82 Å². The molecule has 0 radical (unpaired) electrons. The summed E-state index contributed by atoms with van der Waals surface area (Å²) >= 11 is 0. The van der Waals surface area contributed by atoms with Gasteiger partial charge in [-0.25, -0.2) is 19.9 Å². The molecule has 32 heavy (non-hydrogen) atoms. The highest BCUT2D eigenvalue weighted by Gasteiger charge is 2.22. The smallest absolute Gasteiger partial charge is 0.219 e. The number of fused-ring (bicyclic) bond motifs is 1. The number of nitrogens with zero attached hydrogens (tertiary/aromatic N) is 5. The Morgan fingerprint density at radius 3 is 2.38 bits per heavy atom. The van der Waals surface area contributed by atoms with Crippen molar-refractivity contribution in [2.75, 3.05) is 30.7 Å². The number of piperidine rings is 1. The molecule has 1 atom stereocenters. The predicted octanol–water partition coefficient (Wildman–Crippen LogP) is 4.31. The molecule has 1 saturated heterocycles. The van der Waals surface area contributed by atoms with Crippen molar-refractivity contribution in [3.8, 4) is 11.4 Å². The van der Waals surface area contributed by atoms with E-state index < -0.39 is 0 Å². The normalized spacial score (nSPS) is 15.5. The molecule has 3 heterocycles. The zero-order valence-corrected chi connectivity index (χ0v) is 18.0. The van der Waals surface area contributed by atoms with E-state index in [1.807, 2.05) is 18.2 Å². The molecule has 7 nitrogen and oxygen atoms in total. The van der Waals surface area contributed by atoms with Gasteiger partial charge in [-0.2, -0.15) is 0 Å². The Hall–Kier alpha value is -3.58. The highest BCUT2D eigenvalue weighted by atomic mass is 15.2. The average Bonchev–Trinajstić information content (AvgIpc) is 2.86. The SMILES string of the molecule is Nc1ncc(-c2nc(NCC(c3ccccc3)N3CCCCC3)c3ccccc3n2)cn1. The average molecular weight is 426 g/mol. The fourth-order valence-corrected chi connectivity index (χ4v) is 4.35. The van der Waals surface area contributed by atoms with Gasteiger partial charge in [-0.15, -0.1) is 0 Å². The Labute approximate surface area is 187 Å². The van der Waals surface area contributed by atoms with Crippen molar-refractivity contribution in [3.05, 3.63) is 72.6 Å². The number of nitrogen functional groups attached to an aromatic ring is 1. The molecule has 0 amide bonds. The van der Waals surface area contributed by atoms with Crippen LogP contribution in [0.15, 0.2) is 67.0 Å². The zero-order valence-electron chi connectivity index (χ0n) is 18.0. The zero-order chi connectivity index (χ0) is 21.8. The number of para-hydroxylation sites is 1. The molecule has 0 aliphatic carbocycles. The van der Waals surface area contributed by atoms with Crippen molar-refractivity contribution in [2.45, 2.75) is 25.3 Å². The van der Waals surface area contributed by atoms with E-state index in [2.05, 4.69) is 56.6 Å². The van der Waals surface area contributed by atoms with E-state index in [1.54, 1.807) is 12.4 Å². The quantitative estimate of drug-likeness (QED) is 0.475. The monoisotopic (exact) mass is 425 g/mol. The summed E-state index contributed by atoms with van der Waals surface area (Å²) in [4.78, 5) is 20.4. The number of nitrogens with two attached hydrogens (primary N) is 1. The maximum atomic E-state index is 5.65. The molecule has 0 saturated carbocycles. The summed E-state index contributed by atoms with van der Waals surface area (Å²) < 4.78 is 0. The molecule has 2 aromatic carbocycles. The van der Waals surface area contributed by atoms with Crippen molar-refractivity contribution in [1.29, 1.82) is 0 Å². The largest absolute Gasteiger partial charge is 0.368 e. The maximum absolute atomic E-state index is 5.65. The highest BCUT2D eigenvalue weighted by Crippen LogP contribution is 2.28. The lowest BCUT2D eigenvalue weighted by Crippen LogP contribution is -2.37. The van der Waals surface area contributed by atoms with Crippen LogP contribution >= 0.6 is 0 Å². The van der Waals surface area contributed by atoms with Gasteiger partial charge in [0.15, 0.2) is 5.82 Å². The Kier molecular flexibility index (Phi) is 5.89. The third-order valence-corrected chi connectivity index (χ3v) is 6.01. The first kappa shape index (κ1) is 20.3. The molecular formula is C25H27N7. The standard InChI is InChI=1S/C25H27N7/c26-25-28-15-19(16-29-25)23-30-21-12-6-5-11-20(21)24(31-23)27-17-22(18-9-3-1-4-10-18)32-13-7-2-8-14-32/h1,3-6,9-12,15-16,22H,2,7-8,13-14,17H2,(H2,26,28,29)(H,27,30,31). The lowest BCUT2D eigenvalue weighted by atomic mass is 10.0. The maximum Gasteiger partial charge on any atom is 0.219 e. The number of rotatable bonds is 6. The molecule has 0 spiro atoms. The number of benzene rings is 2. The van der Waals surface area contributed by atoms with Gasteiger partial charge >= 0.3 is 0 Å². The minimum atomic E-state index is 0.236. The van der Waals surface area contributed by atoms with Crippen molar-refractivity contribution < 1.29 is 0 Å². The minimum Gasteiger partial charge on any atom is -0.368 e. The number of anilines is 2. The third kappa shape index (κ3) is 4.38. The van der Waals surface area contributed by atoms with Gasteiger partial charge in [0.1, 0.15) is 5.82 Å². The molecule has 1 aliphatic heterocycles. The summed E-state index contributed by atoms with van der Waals surface area (Å²) in [5.41, 5.74) is 8.60. The lowest BCUT2D eigenvalue weighted by Gasteiger charge is -2.35. The second kappa shape index (κ2) is 9.28. The summed E-state index contributed by atoms with van der Waals surface area (Å²) in [7, 11) is 0. The van der Waals surface area contributed by atoms with Gasteiger partial charge in [-0.3, -0.25) is 4.90 Å². The van der Waals surface area contributed by atoms with Crippen LogP contribution in [-0.4, -0.2) is 44.5 Å². The van der Waals surface area contributed by atoms with Crippen LogP contribution in [0.5, 0.6) is 0 Å². The van der Waals surface area contributed by atoms with Crippen LogP contribution in [-0.2, 0) is 0 Å². The van der Waals surface area contributed by atoms with Gasteiger partial charge in [0.2, 0.25) is 5.95 Å². The van der Waals surface area contributed by atoms with E-state index in [-0.39, 0.29) is 12.0 Å². The first-order valence-corrected chi connectivity index (χ1v) is 11.2. The van der Waals surface area contributed by atoms with E-state index in [4.69, 9.17) is 15.7 Å². The predicted molar refractivity (Wildman–Crippen MR) is 128 cm³/mol. The first-order chi connectivity index (χ1) is 15.8. The Balaban J connectivity index is 1.48. The first-order valence-electron chi connectivity index (χ1n) is 11.2. The van der Waals surface area contributed by atoms with Gasteiger partial charge in [-0.1, -0.05) is 48.9 Å². The van der Waals surface area contributed by atoms with Crippen molar-refractivity contribution in [3.63, 3.8) is 0 Å². The molecule has 5 rings (SSSR count). The van der Waals surface area contributed by atoms with Gasteiger partial charge < -0.3 is 11.1 Å². The van der Waals surface area contributed by atoms with Gasteiger partial charge in [0, 0.05) is 24.3 Å². The Morgan fingerprint density at radius 2 is 1.59 bits per heavy atom. The summed E-state index contributed by atoms with van der Waals surface area (Å²) in [6, 6.07) is 19.1. The number of hydrogen-bond donors (Lipinski definition) is 2. The number of nitrogens with one attached hydrogen (secondary N) is 1. The third-order valence-electron chi connectivity index (χ3n) is 6.01. The van der Waals surface area contributed by atoms with Crippen molar-refractivity contribution in [1.82, 2.24) is 24.8 Å².